The Morgan fingerprint density at radius 1 is 1.50 bits per heavy atom. The van der Waals surface area contributed by atoms with Crippen molar-refractivity contribution in [2.75, 3.05) is 31.9 Å². The SMILES string of the molecule is CCn1cc(N)cc1C(=O)N1CCNCC1. The molecule has 1 aromatic heterocycles. The first-order valence-electron chi connectivity index (χ1n) is 5.68. The van der Waals surface area contributed by atoms with Crippen molar-refractivity contribution in [1.82, 2.24) is 14.8 Å². The molecule has 3 N–H and O–H groups in total. The minimum atomic E-state index is 0.0834. The fourth-order valence-electron chi connectivity index (χ4n) is 2.00. The van der Waals surface area contributed by atoms with Crippen LogP contribution in [0.15, 0.2) is 12.3 Å². The number of carbonyl (C=O) groups excluding carboxylic acids is 1. The second-order valence-electron chi connectivity index (χ2n) is 3.99. The fraction of sp³-hybridized carbons (Fsp3) is 0.545. The van der Waals surface area contributed by atoms with Gasteiger partial charge in [0, 0.05) is 38.9 Å². The largest absolute Gasteiger partial charge is 0.397 e. The Hall–Kier alpha value is -1.49. The van der Waals surface area contributed by atoms with E-state index in [2.05, 4.69) is 5.32 Å². The summed E-state index contributed by atoms with van der Waals surface area (Å²) in [6.45, 7) is 6.06. The van der Waals surface area contributed by atoms with Gasteiger partial charge in [0.05, 0.1) is 5.69 Å². The molecular formula is C11H18N4O. The van der Waals surface area contributed by atoms with Crippen LogP contribution in [-0.4, -0.2) is 41.6 Å². The molecule has 2 rings (SSSR count). The number of aryl methyl sites for hydroxylation is 1. The maximum absolute atomic E-state index is 12.2. The van der Waals surface area contributed by atoms with Crippen LogP contribution in [0.5, 0.6) is 0 Å². The van der Waals surface area contributed by atoms with Crippen LogP contribution in [0.3, 0.4) is 0 Å². The van der Waals surface area contributed by atoms with Crippen LogP contribution in [0.4, 0.5) is 5.69 Å². The van der Waals surface area contributed by atoms with Crippen LogP contribution in [0, 0.1) is 0 Å². The lowest BCUT2D eigenvalue weighted by molar-refractivity contribution is 0.0725. The van der Waals surface area contributed by atoms with Gasteiger partial charge in [-0.15, -0.1) is 0 Å². The first kappa shape index (κ1) is 11.0. The van der Waals surface area contributed by atoms with Gasteiger partial charge in [-0.2, -0.15) is 0 Å². The van der Waals surface area contributed by atoms with E-state index in [-0.39, 0.29) is 5.91 Å². The molecule has 0 unspecified atom stereocenters. The fourth-order valence-corrected chi connectivity index (χ4v) is 2.00. The highest BCUT2D eigenvalue weighted by atomic mass is 16.2. The third-order valence-corrected chi connectivity index (χ3v) is 2.88. The quantitative estimate of drug-likeness (QED) is 0.748. The summed E-state index contributed by atoms with van der Waals surface area (Å²) in [4.78, 5) is 14.1. The number of nitrogens with zero attached hydrogens (tertiary/aromatic N) is 2. The zero-order valence-electron chi connectivity index (χ0n) is 9.57. The molecule has 88 valence electrons. The molecule has 0 saturated carbocycles. The number of hydrogen-bond acceptors (Lipinski definition) is 3. The molecule has 5 heteroatoms. The summed E-state index contributed by atoms with van der Waals surface area (Å²) in [5, 5.41) is 3.23. The average Bonchev–Trinajstić information content (AvgIpc) is 2.70. The Morgan fingerprint density at radius 3 is 2.81 bits per heavy atom. The number of piperazine rings is 1. The summed E-state index contributed by atoms with van der Waals surface area (Å²) in [6, 6.07) is 1.76. The Kier molecular flexibility index (Phi) is 3.14. The van der Waals surface area contributed by atoms with E-state index in [4.69, 9.17) is 5.73 Å². The number of aromatic nitrogens is 1. The molecule has 1 saturated heterocycles. The molecule has 2 heterocycles. The molecule has 0 bridgehead atoms. The normalized spacial score (nSPS) is 16.4. The van der Waals surface area contributed by atoms with Crippen molar-refractivity contribution >= 4 is 11.6 Å². The van der Waals surface area contributed by atoms with Crippen LogP contribution in [0.2, 0.25) is 0 Å². The van der Waals surface area contributed by atoms with Crippen LogP contribution in [0.1, 0.15) is 17.4 Å². The van der Waals surface area contributed by atoms with Gasteiger partial charge in [0.25, 0.3) is 5.91 Å². The number of amides is 1. The number of nitrogens with two attached hydrogens (primary N) is 1. The van der Waals surface area contributed by atoms with Crippen molar-refractivity contribution in [3.63, 3.8) is 0 Å². The highest BCUT2D eigenvalue weighted by molar-refractivity contribution is 5.94. The highest BCUT2D eigenvalue weighted by Gasteiger charge is 2.20. The van der Waals surface area contributed by atoms with Crippen molar-refractivity contribution in [3.8, 4) is 0 Å². The lowest BCUT2D eigenvalue weighted by Crippen LogP contribution is -2.46. The molecule has 5 nitrogen and oxygen atoms in total. The third-order valence-electron chi connectivity index (χ3n) is 2.88. The molecule has 1 amide bonds. The number of nitrogen functional groups attached to an aromatic ring is 1. The number of hydrogen-bond donors (Lipinski definition) is 2. The predicted octanol–water partition coefficient (Wildman–Crippen LogP) is 0.136. The van der Waals surface area contributed by atoms with Crippen molar-refractivity contribution in [2.24, 2.45) is 0 Å². The van der Waals surface area contributed by atoms with Gasteiger partial charge in [-0.1, -0.05) is 0 Å². The summed E-state index contributed by atoms with van der Waals surface area (Å²) in [7, 11) is 0. The molecule has 1 aromatic rings. The first-order chi connectivity index (χ1) is 7.72. The van der Waals surface area contributed by atoms with E-state index >= 15 is 0 Å². The molecule has 0 aromatic carbocycles. The third kappa shape index (κ3) is 2.04. The lowest BCUT2D eigenvalue weighted by Gasteiger charge is -2.27. The second-order valence-corrected chi connectivity index (χ2v) is 3.99. The molecular weight excluding hydrogens is 204 g/mol. The summed E-state index contributed by atoms with van der Waals surface area (Å²) in [5.74, 6) is 0.0834. The Bertz CT molecular complexity index is 379. The van der Waals surface area contributed by atoms with E-state index in [1.807, 2.05) is 22.6 Å². The maximum atomic E-state index is 12.2. The monoisotopic (exact) mass is 222 g/mol. The van der Waals surface area contributed by atoms with Gasteiger partial charge in [0.1, 0.15) is 5.69 Å². The van der Waals surface area contributed by atoms with Crippen LogP contribution in [-0.2, 0) is 6.54 Å². The zero-order chi connectivity index (χ0) is 11.5. The van der Waals surface area contributed by atoms with Crippen LogP contribution < -0.4 is 11.1 Å². The predicted molar refractivity (Wildman–Crippen MR) is 63.3 cm³/mol. The Morgan fingerprint density at radius 2 is 2.19 bits per heavy atom. The molecule has 16 heavy (non-hydrogen) atoms. The second kappa shape index (κ2) is 4.57. The van der Waals surface area contributed by atoms with Crippen LogP contribution in [0.25, 0.3) is 0 Å². The van der Waals surface area contributed by atoms with E-state index in [1.54, 1.807) is 6.07 Å². The molecule has 1 fully saturated rings. The smallest absolute Gasteiger partial charge is 0.270 e. The summed E-state index contributed by atoms with van der Waals surface area (Å²) >= 11 is 0. The van der Waals surface area contributed by atoms with Gasteiger partial charge in [-0.05, 0) is 13.0 Å². The average molecular weight is 222 g/mol. The van der Waals surface area contributed by atoms with E-state index in [1.165, 1.54) is 0 Å². The van der Waals surface area contributed by atoms with Crippen molar-refractivity contribution < 1.29 is 4.79 Å². The number of nitrogens with one attached hydrogen (secondary N) is 1. The molecule has 1 aliphatic rings. The molecule has 0 radical (unpaired) electrons. The minimum Gasteiger partial charge on any atom is -0.397 e. The topological polar surface area (TPSA) is 63.3 Å². The molecule has 1 aliphatic heterocycles. The Labute approximate surface area is 95.2 Å². The first-order valence-corrected chi connectivity index (χ1v) is 5.68. The standard InChI is InChI=1S/C11H18N4O/c1-2-14-8-9(12)7-10(14)11(16)15-5-3-13-4-6-15/h7-8,13H,2-6,12H2,1H3. The number of carbonyl (C=O) groups is 1. The molecule has 0 spiro atoms. The summed E-state index contributed by atoms with van der Waals surface area (Å²) < 4.78 is 1.90. The van der Waals surface area contributed by atoms with Gasteiger partial charge in [0.15, 0.2) is 0 Å². The van der Waals surface area contributed by atoms with Gasteiger partial charge < -0.3 is 20.5 Å². The highest BCUT2D eigenvalue weighted by Crippen LogP contribution is 2.13. The molecule has 0 atom stereocenters. The van der Waals surface area contributed by atoms with E-state index < -0.39 is 0 Å². The van der Waals surface area contributed by atoms with Gasteiger partial charge >= 0.3 is 0 Å². The summed E-state index contributed by atoms with van der Waals surface area (Å²) in [6.07, 6.45) is 1.81. The van der Waals surface area contributed by atoms with E-state index in [0.29, 0.717) is 11.4 Å². The van der Waals surface area contributed by atoms with E-state index in [9.17, 15) is 4.79 Å². The van der Waals surface area contributed by atoms with Crippen LogP contribution >= 0.6 is 0 Å². The van der Waals surface area contributed by atoms with Gasteiger partial charge in [0.2, 0.25) is 0 Å². The minimum absolute atomic E-state index is 0.0834. The van der Waals surface area contributed by atoms with Gasteiger partial charge in [-0.25, -0.2) is 0 Å². The summed E-state index contributed by atoms with van der Waals surface area (Å²) in [5.41, 5.74) is 7.07. The molecule has 0 aliphatic carbocycles. The van der Waals surface area contributed by atoms with Gasteiger partial charge in [-0.3, -0.25) is 4.79 Å². The van der Waals surface area contributed by atoms with Crippen molar-refractivity contribution in [3.05, 3.63) is 18.0 Å². The lowest BCUT2D eigenvalue weighted by atomic mass is 10.3. The van der Waals surface area contributed by atoms with E-state index in [0.717, 1.165) is 32.7 Å². The Balaban J connectivity index is 2.18. The number of anilines is 1. The number of rotatable bonds is 2. The van der Waals surface area contributed by atoms with Crippen molar-refractivity contribution in [1.29, 1.82) is 0 Å². The van der Waals surface area contributed by atoms with Crippen molar-refractivity contribution in [2.45, 2.75) is 13.5 Å². The zero-order valence-corrected chi connectivity index (χ0v) is 9.57. The maximum Gasteiger partial charge on any atom is 0.270 e.